The van der Waals surface area contributed by atoms with Crippen molar-refractivity contribution in [3.63, 3.8) is 0 Å². The Morgan fingerprint density at radius 1 is 1.37 bits per heavy atom. The van der Waals surface area contributed by atoms with Crippen LogP contribution >= 0.6 is 11.6 Å². The van der Waals surface area contributed by atoms with Gasteiger partial charge in [0.2, 0.25) is 15.8 Å². The molecule has 0 spiro atoms. The van der Waals surface area contributed by atoms with E-state index in [0.717, 1.165) is 10.6 Å². The number of anilines is 1. The number of esters is 1. The van der Waals surface area contributed by atoms with Crippen LogP contribution in [0.3, 0.4) is 0 Å². The summed E-state index contributed by atoms with van der Waals surface area (Å²) in [5.41, 5.74) is -0.0540. The highest BCUT2D eigenvalue weighted by Crippen LogP contribution is 2.29. The molecule has 0 bridgehead atoms. The number of hydrogen-bond donors (Lipinski definition) is 2. The number of nitrogens with one attached hydrogen (secondary N) is 2. The monoisotopic (exact) mass is 455 g/mol. The molecular weight excluding hydrogens is 434 g/mol. The number of sulfonamides is 1. The molecule has 162 valence electrons. The smallest absolute Gasteiger partial charge is 0.311 e. The molecule has 2 aromatic rings. The molecule has 3 heterocycles. The van der Waals surface area contributed by atoms with Crippen molar-refractivity contribution in [1.29, 1.82) is 0 Å². The third kappa shape index (κ3) is 4.79. The SMILES string of the molecule is CCOC(=O)Cc1nc(N([C@H]2CNC[C@@H]2c2ccccn2)S(C)(=O)=O)c(=O)[nH]c1Cl. The lowest BCUT2D eigenvalue weighted by molar-refractivity contribution is -0.142. The third-order valence-electron chi connectivity index (χ3n) is 4.65. The fourth-order valence-corrected chi connectivity index (χ4v) is 4.79. The van der Waals surface area contributed by atoms with E-state index in [1.54, 1.807) is 25.3 Å². The van der Waals surface area contributed by atoms with E-state index in [1.807, 2.05) is 6.07 Å². The Morgan fingerprint density at radius 2 is 2.13 bits per heavy atom. The summed E-state index contributed by atoms with van der Waals surface area (Å²) < 4.78 is 31.3. The molecule has 2 N–H and O–H groups in total. The van der Waals surface area contributed by atoms with Gasteiger partial charge in [-0.3, -0.25) is 14.6 Å². The zero-order valence-corrected chi connectivity index (χ0v) is 18.0. The Morgan fingerprint density at radius 3 is 2.77 bits per heavy atom. The van der Waals surface area contributed by atoms with E-state index in [9.17, 15) is 18.0 Å². The van der Waals surface area contributed by atoms with Gasteiger partial charge in [0.1, 0.15) is 5.15 Å². The van der Waals surface area contributed by atoms with Gasteiger partial charge in [-0.2, -0.15) is 0 Å². The van der Waals surface area contributed by atoms with E-state index in [0.29, 0.717) is 18.8 Å². The first-order valence-electron chi connectivity index (χ1n) is 9.27. The number of hydrogen-bond acceptors (Lipinski definition) is 8. The molecular formula is C18H22ClN5O5S. The molecule has 1 aliphatic rings. The second-order valence-electron chi connectivity index (χ2n) is 6.78. The summed E-state index contributed by atoms with van der Waals surface area (Å²) in [6.45, 7) is 2.60. The molecule has 3 rings (SSSR count). The molecule has 1 saturated heterocycles. The van der Waals surface area contributed by atoms with Gasteiger partial charge in [0.05, 0.1) is 31.0 Å². The quantitative estimate of drug-likeness (QED) is 0.574. The Balaban J connectivity index is 2.06. The van der Waals surface area contributed by atoms with Crippen LogP contribution in [0.4, 0.5) is 5.82 Å². The second kappa shape index (κ2) is 9.11. The summed E-state index contributed by atoms with van der Waals surface area (Å²) in [5, 5.41) is 3.01. The maximum absolute atomic E-state index is 12.7. The highest BCUT2D eigenvalue weighted by molar-refractivity contribution is 7.92. The predicted octanol–water partition coefficient (Wildman–Crippen LogP) is 0.445. The number of rotatable bonds is 7. The minimum atomic E-state index is -3.91. The highest BCUT2D eigenvalue weighted by atomic mass is 35.5. The number of pyridine rings is 1. The molecule has 0 saturated carbocycles. The molecule has 30 heavy (non-hydrogen) atoms. The average molecular weight is 456 g/mol. The highest BCUT2D eigenvalue weighted by Gasteiger charge is 2.40. The molecule has 10 nitrogen and oxygen atoms in total. The van der Waals surface area contributed by atoms with Crippen molar-refractivity contribution in [2.24, 2.45) is 0 Å². The maximum atomic E-state index is 12.7. The molecule has 1 aliphatic heterocycles. The minimum absolute atomic E-state index is 0.0266. The van der Waals surface area contributed by atoms with E-state index in [1.165, 1.54) is 0 Å². The number of ether oxygens (including phenoxy) is 1. The first-order chi connectivity index (χ1) is 14.2. The van der Waals surface area contributed by atoms with Crippen LogP contribution in [0.15, 0.2) is 29.2 Å². The van der Waals surface area contributed by atoms with Crippen LogP contribution in [-0.4, -0.2) is 61.3 Å². The predicted molar refractivity (Wildman–Crippen MR) is 111 cm³/mol. The van der Waals surface area contributed by atoms with E-state index < -0.39 is 27.6 Å². The summed E-state index contributed by atoms with van der Waals surface area (Å²) in [5.74, 6) is -1.24. The lowest BCUT2D eigenvalue weighted by atomic mass is 9.99. The average Bonchev–Trinajstić information content (AvgIpc) is 3.14. The van der Waals surface area contributed by atoms with Crippen molar-refractivity contribution in [3.05, 3.63) is 51.3 Å². The standard InChI is InChI=1S/C18H22ClN5O5S/c1-3-29-15(25)8-13-16(19)23-18(26)17(22-13)24(30(2,27)28)14-10-20-9-11(14)12-6-4-5-7-21-12/h4-7,11,14,20H,3,8-10H2,1-2H3,(H,23,26)/t11-,14+/m1/s1. The molecule has 0 radical (unpaired) electrons. The zero-order valence-electron chi connectivity index (χ0n) is 16.5. The summed E-state index contributed by atoms with van der Waals surface area (Å²) in [7, 11) is -3.91. The van der Waals surface area contributed by atoms with E-state index >= 15 is 0 Å². The number of carbonyl (C=O) groups excluding carboxylic acids is 1. The fraction of sp³-hybridized carbons (Fsp3) is 0.444. The molecule has 2 aromatic heterocycles. The van der Waals surface area contributed by atoms with Gasteiger partial charge in [-0.05, 0) is 19.1 Å². The van der Waals surface area contributed by atoms with Gasteiger partial charge >= 0.3 is 5.97 Å². The van der Waals surface area contributed by atoms with Crippen LogP contribution in [0.25, 0.3) is 0 Å². The van der Waals surface area contributed by atoms with Crippen molar-refractivity contribution in [2.45, 2.75) is 25.3 Å². The van der Waals surface area contributed by atoms with Crippen molar-refractivity contribution < 1.29 is 17.9 Å². The van der Waals surface area contributed by atoms with Gasteiger partial charge in [-0.1, -0.05) is 17.7 Å². The largest absolute Gasteiger partial charge is 0.466 e. The second-order valence-corrected chi connectivity index (χ2v) is 9.01. The van der Waals surface area contributed by atoms with Crippen LogP contribution in [-0.2, 0) is 26.0 Å². The molecule has 12 heteroatoms. The molecule has 0 aromatic carbocycles. The van der Waals surface area contributed by atoms with Crippen molar-refractivity contribution in [2.75, 3.05) is 30.3 Å². The minimum Gasteiger partial charge on any atom is -0.466 e. The van der Waals surface area contributed by atoms with Crippen LogP contribution in [0.1, 0.15) is 24.2 Å². The van der Waals surface area contributed by atoms with E-state index in [4.69, 9.17) is 16.3 Å². The number of nitrogens with zero attached hydrogens (tertiary/aromatic N) is 3. The van der Waals surface area contributed by atoms with Gasteiger partial charge in [0, 0.05) is 30.9 Å². The van der Waals surface area contributed by atoms with Crippen LogP contribution < -0.4 is 15.2 Å². The first-order valence-corrected chi connectivity index (χ1v) is 11.5. The van der Waals surface area contributed by atoms with Crippen molar-refractivity contribution in [1.82, 2.24) is 20.3 Å². The fourth-order valence-electron chi connectivity index (χ4n) is 3.44. The number of aromatic amines is 1. The number of halogens is 1. The normalized spacial score (nSPS) is 18.9. The zero-order chi connectivity index (χ0) is 21.9. The van der Waals surface area contributed by atoms with Crippen LogP contribution in [0, 0.1) is 0 Å². The lowest BCUT2D eigenvalue weighted by Crippen LogP contribution is -2.47. The van der Waals surface area contributed by atoms with Gasteiger partial charge in [0.15, 0.2) is 0 Å². The number of carbonyl (C=O) groups is 1. The number of aromatic nitrogens is 3. The van der Waals surface area contributed by atoms with E-state index in [2.05, 4.69) is 20.3 Å². The van der Waals surface area contributed by atoms with Gasteiger partial charge in [-0.25, -0.2) is 17.7 Å². The van der Waals surface area contributed by atoms with Crippen molar-refractivity contribution >= 4 is 33.4 Å². The van der Waals surface area contributed by atoms with Gasteiger partial charge in [-0.15, -0.1) is 0 Å². The van der Waals surface area contributed by atoms with Gasteiger partial charge < -0.3 is 15.0 Å². The summed E-state index contributed by atoms with van der Waals surface area (Å²) in [6, 6.07) is 4.74. The molecule has 2 atom stereocenters. The van der Waals surface area contributed by atoms with E-state index in [-0.39, 0.29) is 35.6 Å². The Hall–Kier alpha value is -2.50. The van der Waals surface area contributed by atoms with Gasteiger partial charge in [0.25, 0.3) is 5.56 Å². The van der Waals surface area contributed by atoms with Crippen LogP contribution in [0.2, 0.25) is 5.15 Å². The summed E-state index contributed by atoms with van der Waals surface area (Å²) in [6.07, 6.45) is 2.32. The molecule has 1 fully saturated rings. The Kier molecular flexibility index (Phi) is 6.74. The maximum Gasteiger partial charge on any atom is 0.311 e. The molecule has 0 aliphatic carbocycles. The summed E-state index contributed by atoms with van der Waals surface area (Å²) in [4.78, 5) is 35.4. The third-order valence-corrected chi connectivity index (χ3v) is 6.13. The first kappa shape index (κ1) is 22.2. The van der Waals surface area contributed by atoms with Crippen molar-refractivity contribution in [3.8, 4) is 0 Å². The Bertz CT molecular complexity index is 1080. The Labute approximate surface area is 178 Å². The topological polar surface area (TPSA) is 134 Å². The molecule has 0 amide bonds. The lowest BCUT2D eigenvalue weighted by Gasteiger charge is -2.30. The number of H-pyrrole nitrogens is 1. The summed E-state index contributed by atoms with van der Waals surface area (Å²) >= 11 is 6.03. The molecule has 0 unspecified atom stereocenters. The van der Waals surface area contributed by atoms with Crippen LogP contribution in [0.5, 0.6) is 0 Å².